The van der Waals surface area contributed by atoms with Gasteiger partial charge in [-0.1, -0.05) is 13.8 Å². The molecular weight excluding hydrogens is 218 g/mol. The number of hydrogen-bond acceptors (Lipinski definition) is 4. The maximum Gasteiger partial charge on any atom is 0.109 e. The van der Waals surface area contributed by atoms with Gasteiger partial charge in [0.15, 0.2) is 0 Å². The van der Waals surface area contributed by atoms with Gasteiger partial charge in [-0.3, -0.25) is 0 Å². The molecule has 0 saturated heterocycles. The Morgan fingerprint density at radius 2 is 2.12 bits per heavy atom. The average molecular weight is 241 g/mol. The van der Waals surface area contributed by atoms with Crippen LogP contribution < -0.4 is 10.6 Å². The Bertz CT molecular complexity index is 298. The molecule has 0 aliphatic heterocycles. The molecule has 1 aromatic heterocycles. The third-order valence-corrected chi connectivity index (χ3v) is 3.94. The summed E-state index contributed by atoms with van der Waals surface area (Å²) >= 11 is 1.82. The number of nitrogens with one attached hydrogen (secondary N) is 2. The van der Waals surface area contributed by atoms with Gasteiger partial charge in [0.2, 0.25) is 0 Å². The van der Waals surface area contributed by atoms with Crippen molar-refractivity contribution in [2.75, 3.05) is 20.1 Å². The van der Waals surface area contributed by atoms with Crippen LogP contribution in [-0.2, 0) is 6.42 Å². The number of aromatic nitrogens is 1. The van der Waals surface area contributed by atoms with Gasteiger partial charge >= 0.3 is 0 Å². The Balaban J connectivity index is 2.37. The normalized spacial score (nSPS) is 15.0. The van der Waals surface area contributed by atoms with Crippen LogP contribution in [0.4, 0.5) is 0 Å². The van der Waals surface area contributed by atoms with Crippen LogP contribution in [0.25, 0.3) is 0 Å². The minimum atomic E-state index is 0.365. The van der Waals surface area contributed by atoms with Crippen LogP contribution in [0.15, 0.2) is 6.20 Å². The van der Waals surface area contributed by atoms with E-state index in [9.17, 15) is 0 Å². The predicted octanol–water partition coefficient (Wildman–Crippen LogP) is 2.21. The molecule has 0 amide bonds. The first-order valence-corrected chi connectivity index (χ1v) is 6.81. The fourth-order valence-corrected chi connectivity index (χ4v) is 2.46. The molecule has 0 spiro atoms. The molecule has 1 aromatic rings. The lowest BCUT2D eigenvalue weighted by Gasteiger charge is -2.15. The van der Waals surface area contributed by atoms with Crippen molar-refractivity contribution < 1.29 is 0 Å². The maximum absolute atomic E-state index is 4.45. The Morgan fingerprint density at radius 1 is 1.38 bits per heavy atom. The largest absolute Gasteiger partial charge is 0.319 e. The van der Waals surface area contributed by atoms with Crippen molar-refractivity contribution in [1.82, 2.24) is 15.6 Å². The SMILES string of the molecule is CCc1cnc(C(C)NCC(C)CNC)s1. The average Bonchev–Trinajstić information content (AvgIpc) is 2.75. The third-order valence-electron chi connectivity index (χ3n) is 2.62. The molecule has 2 unspecified atom stereocenters. The smallest absolute Gasteiger partial charge is 0.109 e. The minimum absolute atomic E-state index is 0.365. The topological polar surface area (TPSA) is 37.0 Å². The van der Waals surface area contributed by atoms with Gasteiger partial charge < -0.3 is 10.6 Å². The molecule has 0 aliphatic rings. The molecule has 0 saturated carbocycles. The zero-order valence-electron chi connectivity index (χ0n) is 10.7. The van der Waals surface area contributed by atoms with Crippen LogP contribution in [0.5, 0.6) is 0 Å². The lowest BCUT2D eigenvalue weighted by atomic mass is 10.1. The van der Waals surface area contributed by atoms with Gasteiger partial charge in [-0.05, 0) is 39.4 Å². The van der Waals surface area contributed by atoms with Crippen molar-refractivity contribution >= 4 is 11.3 Å². The Labute approximate surface area is 103 Å². The van der Waals surface area contributed by atoms with Crippen LogP contribution in [0.1, 0.15) is 36.7 Å². The summed E-state index contributed by atoms with van der Waals surface area (Å²) in [7, 11) is 1.99. The van der Waals surface area contributed by atoms with Gasteiger partial charge in [0.1, 0.15) is 5.01 Å². The summed E-state index contributed by atoms with van der Waals surface area (Å²) in [4.78, 5) is 5.82. The highest BCUT2D eigenvalue weighted by Crippen LogP contribution is 2.20. The second-order valence-corrected chi connectivity index (χ2v) is 5.46. The second-order valence-electron chi connectivity index (χ2n) is 4.31. The summed E-state index contributed by atoms with van der Waals surface area (Å²) in [6.07, 6.45) is 3.08. The van der Waals surface area contributed by atoms with E-state index >= 15 is 0 Å². The van der Waals surface area contributed by atoms with E-state index in [1.165, 1.54) is 9.88 Å². The first-order valence-electron chi connectivity index (χ1n) is 6.00. The van der Waals surface area contributed by atoms with E-state index < -0.39 is 0 Å². The first kappa shape index (κ1) is 13.6. The van der Waals surface area contributed by atoms with Crippen molar-refractivity contribution in [2.24, 2.45) is 5.92 Å². The fourth-order valence-electron chi connectivity index (χ4n) is 1.57. The van der Waals surface area contributed by atoms with Crippen LogP contribution in [0, 0.1) is 5.92 Å². The van der Waals surface area contributed by atoms with Crippen LogP contribution in [0.3, 0.4) is 0 Å². The molecule has 16 heavy (non-hydrogen) atoms. The lowest BCUT2D eigenvalue weighted by Crippen LogP contribution is -2.29. The van der Waals surface area contributed by atoms with Crippen LogP contribution in [-0.4, -0.2) is 25.1 Å². The molecule has 0 aliphatic carbocycles. The van der Waals surface area contributed by atoms with E-state index in [2.05, 4.69) is 36.4 Å². The summed E-state index contributed by atoms with van der Waals surface area (Å²) < 4.78 is 0. The number of aryl methyl sites for hydroxylation is 1. The summed E-state index contributed by atoms with van der Waals surface area (Å²) in [5.41, 5.74) is 0. The van der Waals surface area contributed by atoms with Gasteiger partial charge in [0.05, 0.1) is 6.04 Å². The molecule has 3 nitrogen and oxygen atoms in total. The zero-order valence-corrected chi connectivity index (χ0v) is 11.5. The quantitative estimate of drug-likeness (QED) is 0.768. The number of hydrogen-bond donors (Lipinski definition) is 2. The van der Waals surface area contributed by atoms with Crippen molar-refractivity contribution in [1.29, 1.82) is 0 Å². The standard InChI is InChI=1S/C12H23N3S/c1-5-11-8-15-12(16-11)10(3)14-7-9(2)6-13-4/h8-10,13-14H,5-7H2,1-4H3. The molecular formula is C12H23N3S. The molecule has 0 bridgehead atoms. The van der Waals surface area contributed by atoms with Crippen molar-refractivity contribution in [3.05, 3.63) is 16.1 Å². The second kappa shape index (κ2) is 6.99. The summed E-state index contributed by atoms with van der Waals surface area (Å²) in [5, 5.41) is 7.92. The zero-order chi connectivity index (χ0) is 12.0. The number of nitrogens with zero attached hydrogens (tertiary/aromatic N) is 1. The molecule has 1 heterocycles. The molecule has 0 fully saturated rings. The third kappa shape index (κ3) is 4.20. The van der Waals surface area contributed by atoms with E-state index in [4.69, 9.17) is 0 Å². The number of thiazole rings is 1. The van der Waals surface area contributed by atoms with Crippen molar-refractivity contribution in [3.8, 4) is 0 Å². The Hall–Kier alpha value is -0.450. The molecule has 0 aromatic carbocycles. The van der Waals surface area contributed by atoms with Gasteiger partial charge in [0.25, 0.3) is 0 Å². The summed E-state index contributed by atoms with van der Waals surface area (Å²) in [6, 6.07) is 0.365. The molecule has 92 valence electrons. The fraction of sp³-hybridized carbons (Fsp3) is 0.750. The minimum Gasteiger partial charge on any atom is -0.319 e. The van der Waals surface area contributed by atoms with E-state index in [1.807, 2.05) is 24.6 Å². The van der Waals surface area contributed by atoms with Crippen molar-refractivity contribution in [2.45, 2.75) is 33.2 Å². The van der Waals surface area contributed by atoms with Gasteiger partial charge in [-0.2, -0.15) is 0 Å². The highest BCUT2D eigenvalue weighted by Gasteiger charge is 2.10. The highest BCUT2D eigenvalue weighted by molar-refractivity contribution is 7.11. The monoisotopic (exact) mass is 241 g/mol. The molecule has 0 radical (unpaired) electrons. The van der Waals surface area contributed by atoms with Gasteiger partial charge in [0, 0.05) is 11.1 Å². The molecule has 1 rings (SSSR count). The van der Waals surface area contributed by atoms with Crippen LogP contribution in [0.2, 0.25) is 0 Å². The van der Waals surface area contributed by atoms with Gasteiger partial charge in [-0.25, -0.2) is 4.98 Å². The maximum atomic E-state index is 4.45. The number of rotatable bonds is 7. The summed E-state index contributed by atoms with van der Waals surface area (Å²) in [5.74, 6) is 0.651. The van der Waals surface area contributed by atoms with Crippen molar-refractivity contribution in [3.63, 3.8) is 0 Å². The van der Waals surface area contributed by atoms with E-state index in [0.29, 0.717) is 12.0 Å². The van der Waals surface area contributed by atoms with Crippen LogP contribution >= 0.6 is 11.3 Å². The summed E-state index contributed by atoms with van der Waals surface area (Å²) in [6.45, 7) is 8.69. The highest BCUT2D eigenvalue weighted by atomic mass is 32.1. The predicted molar refractivity (Wildman–Crippen MR) is 71.0 cm³/mol. The van der Waals surface area contributed by atoms with Gasteiger partial charge in [-0.15, -0.1) is 11.3 Å². The molecule has 4 heteroatoms. The lowest BCUT2D eigenvalue weighted by molar-refractivity contribution is 0.456. The van der Waals surface area contributed by atoms with E-state index in [0.717, 1.165) is 19.5 Å². The molecule has 2 atom stereocenters. The Morgan fingerprint density at radius 3 is 2.69 bits per heavy atom. The Kier molecular flexibility index (Phi) is 5.95. The van der Waals surface area contributed by atoms with E-state index in [-0.39, 0.29) is 0 Å². The molecule has 2 N–H and O–H groups in total. The first-order chi connectivity index (χ1) is 7.67. The van der Waals surface area contributed by atoms with E-state index in [1.54, 1.807) is 0 Å².